The van der Waals surface area contributed by atoms with Gasteiger partial charge in [-0.1, -0.05) is 48.5 Å². The molecule has 8 nitrogen and oxygen atoms in total. The second-order valence-corrected chi connectivity index (χ2v) is 10.7. The van der Waals surface area contributed by atoms with Crippen molar-refractivity contribution in [1.82, 2.24) is 9.47 Å². The molecule has 45 heavy (non-hydrogen) atoms. The van der Waals surface area contributed by atoms with Gasteiger partial charge in [0, 0.05) is 17.8 Å². The van der Waals surface area contributed by atoms with E-state index in [1.54, 1.807) is 42.5 Å². The van der Waals surface area contributed by atoms with E-state index in [4.69, 9.17) is 13.1 Å². The van der Waals surface area contributed by atoms with Gasteiger partial charge in [-0.05, 0) is 64.7 Å². The summed E-state index contributed by atoms with van der Waals surface area (Å²) in [6, 6.07) is 31.2. The van der Waals surface area contributed by atoms with Gasteiger partial charge < -0.3 is 4.57 Å². The Labute approximate surface area is 257 Å². The van der Waals surface area contributed by atoms with Crippen LogP contribution >= 0.6 is 0 Å². The van der Waals surface area contributed by atoms with E-state index in [0.717, 1.165) is 37.8 Å². The zero-order chi connectivity index (χ0) is 31.4. The third-order valence-electron chi connectivity index (χ3n) is 8.12. The van der Waals surface area contributed by atoms with Crippen LogP contribution in [0.5, 0.6) is 0 Å². The highest BCUT2D eigenvalue weighted by Gasteiger charge is 2.36. The lowest BCUT2D eigenvalue weighted by atomic mass is 9.99. The number of aromatic nitrogens is 1. The van der Waals surface area contributed by atoms with Gasteiger partial charge in [0.15, 0.2) is 11.4 Å². The van der Waals surface area contributed by atoms with Gasteiger partial charge >= 0.3 is 0 Å². The van der Waals surface area contributed by atoms with Gasteiger partial charge in [-0.3, -0.25) is 14.5 Å². The van der Waals surface area contributed by atoms with Crippen molar-refractivity contribution in [2.45, 2.75) is 0 Å². The number of nitrogens with zero attached hydrogens (tertiary/aromatic N) is 6. The summed E-state index contributed by atoms with van der Waals surface area (Å²) < 4.78 is 1.95. The molecule has 1 aliphatic rings. The molecule has 0 bridgehead atoms. The summed E-state index contributed by atoms with van der Waals surface area (Å²) in [5.74, 6) is -0.779. The Morgan fingerprint density at radius 3 is 1.73 bits per heavy atom. The number of imide groups is 1. The van der Waals surface area contributed by atoms with Crippen LogP contribution in [0.4, 0.5) is 11.4 Å². The Morgan fingerprint density at radius 2 is 1.20 bits per heavy atom. The number of carbonyl (C=O) groups is 2. The number of fused-ring (bicyclic) bond motifs is 4. The lowest BCUT2D eigenvalue weighted by Crippen LogP contribution is -2.24. The van der Waals surface area contributed by atoms with Crippen molar-refractivity contribution in [1.29, 1.82) is 10.5 Å². The van der Waals surface area contributed by atoms with Crippen molar-refractivity contribution >= 4 is 45.0 Å². The van der Waals surface area contributed by atoms with E-state index in [-0.39, 0.29) is 5.91 Å². The zero-order valence-corrected chi connectivity index (χ0v) is 23.7. The smallest absolute Gasteiger partial charge is 0.263 e. The van der Waals surface area contributed by atoms with Gasteiger partial charge in [0.1, 0.15) is 0 Å². The first-order valence-electron chi connectivity index (χ1n) is 13.7. The second kappa shape index (κ2) is 10.1. The summed E-state index contributed by atoms with van der Waals surface area (Å²) in [5.41, 5.74) is 7.01. The zero-order valence-electron chi connectivity index (χ0n) is 23.7. The van der Waals surface area contributed by atoms with Crippen LogP contribution in [0.1, 0.15) is 31.8 Å². The monoisotopic (exact) mass is 578 g/mol. The SMILES string of the molecule is [C-]#[N+]c1cc([N+]#[C-])cc(-c2ccc3c4ccc(-c5cc(C#N)cc(C#N)c5)cc4n(-c4cccc5c4C(=O)N(C)C5=O)c3c2)c1. The molecule has 1 aliphatic heterocycles. The molecule has 0 atom stereocenters. The average Bonchev–Trinajstić information content (AvgIpc) is 3.53. The predicted octanol–water partition coefficient (Wildman–Crippen LogP) is 8.19. The molecule has 0 unspecified atom stereocenters. The fraction of sp³-hybridized carbons (Fsp3) is 0.0270. The van der Waals surface area contributed by atoms with Crippen molar-refractivity contribution in [3.8, 4) is 40.1 Å². The van der Waals surface area contributed by atoms with Crippen molar-refractivity contribution < 1.29 is 9.59 Å². The molecule has 208 valence electrons. The number of rotatable bonds is 3. The highest BCUT2D eigenvalue weighted by molar-refractivity contribution is 6.23. The topological polar surface area (TPSA) is 98.6 Å². The normalized spacial score (nSPS) is 12.1. The van der Waals surface area contributed by atoms with Crippen LogP contribution in [0.2, 0.25) is 0 Å². The Morgan fingerprint density at radius 1 is 0.644 bits per heavy atom. The molecule has 0 aliphatic carbocycles. The number of hydrogen-bond donors (Lipinski definition) is 0. The minimum absolute atomic E-state index is 0.295. The number of carbonyl (C=O) groups excluding carboxylic acids is 2. The van der Waals surface area contributed by atoms with Crippen molar-refractivity contribution in [3.63, 3.8) is 0 Å². The maximum Gasteiger partial charge on any atom is 0.263 e. The van der Waals surface area contributed by atoms with Crippen molar-refractivity contribution in [3.05, 3.63) is 136 Å². The van der Waals surface area contributed by atoms with Crippen LogP contribution in [0.25, 0.3) is 59.4 Å². The van der Waals surface area contributed by atoms with Crippen LogP contribution in [0.15, 0.2) is 91.0 Å². The molecule has 8 heteroatoms. The summed E-state index contributed by atoms with van der Waals surface area (Å²) in [6.07, 6.45) is 0. The molecule has 1 aromatic heterocycles. The molecule has 0 saturated heterocycles. The molecule has 0 radical (unpaired) electrons. The number of amides is 2. The Balaban J connectivity index is 1.57. The maximum absolute atomic E-state index is 13.4. The largest absolute Gasteiger partial charge is 0.308 e. The van der Waals surface area contributed by atoms with Crippen LogP contribution in [-0.2, 0) is 0 Å². The Hall–Kier alpha value is -7.00. The molecule has 7 rings (SSSR count). The van der Waals surface area contributed by atoms with Gasteiger partial charge in [0.25, 0.3) is 11.8 Å². The van der Waals surface area contributed by atoms with Gasteiger partial charge in [0.2, 0.25) is 0 Å². The molecule has 2 amide bonds. The van der Waals surface area contributed by atoms with Crippen LogP contribution in [0, 0.1) is 35.8 Å². The highest BCUT2D eigenvalue weighted by Crippen LogP contribution is 2.40. The summed E-state index contributed by atoms with van der Waals surface area (Å²) >= 11 is 0. The van der Waals surface area contributed by atoms with E-state index in [1.165, 1.54) is 13.1 Å². The fourth-order valence-electron chi connectivity index (χ4n) is 6.02. The first kappa shape index (κ1) is 26.9. The fourth-order valence-corrected chi connectivity index (χ4v) is 6.02. The quantitative estimate of drug-likeness (QED) is 0.156. The van der Waals surface area contributed by atoms with Gasteiger partial charge in [-0.25, -0.2) is 9.69 Å². The van der Waals surface area contributed by atoms with E-state index in [9.17, 15) is 20.1 Å². The van der Waals surface area contributed by atoms with Crippen LogP contribution in [-0.4, -0.2) is 28.3 Å². The lowest BCUT2D eigenvalue weighted by Gasteiger charge is -2.13. The highest BCUT2D eigenvalue weighted by atomic mass is 16.2. The first-order valence-corrected chi connectivity index (χ1v) is 13.7. The standard InChI is InChI=1S/C37H18N6O2/c1-40-27-14-26(15-28(18-27)41-2)24-8-10-30-29-9-7-23(25-12-21(19-38)11-22(13-25)20-39)16-33(29)43(34(30)17-24)32-6-4-5-31-35(32)37(45)42(3)36(31)44/h4-18H,3H3. The lowest BCUT2D eigenvalue weighted by molar-refractivity contribution is 0.0693. The summed E-state index contributed by atoms with van der Waals surface area (Å²) in [7, 11) is 1.46. The molecule has 0 saturated carbocycles. The molecular formula is C37H18N6O2. The molecule has 0 spiro atoms. The van der Waals surface area contributed by atoms with Gasteiger partial charge in [-0.15, -0.1) is 0 Å². The summed E-state index contributed by atoms with van der Waals surface area (Å²) in [4.78, 5) is 34.6. The van der Waals surface area contributed by atoms with Gasteiger partial charge in [0.05, 0.1) is 64.3 Å². The van der Waals surface area contributed by atoms with Crippen molar-refractivity contribution in [2.24, 2.45) is 0 Å². The Bertz CT molecular complexity index is 2300. The molecule has 0 fully saturated rings. The minimum atomic E-state index is -0.403. The van der Waals surface area contributed by atoms with Crippen molar-refractivity contribution in [2.75, 3.05) is 7.05 Å². The summed E-state index contributed by atoms with van der Waals surface area (Å²) in [5, 5.41) is 20.9. The van der Waals surface area contributed by atoms with E-state index in [1.807, 2.05) is 47.0 Å². The predicted molar refractivity (Wildman–Crippen MR) is 170 cm³/mol. The molecule has 0 N–H and O–H groups in total. The molecule has 2 heterocycles. The second-order valence-electron chi connectivity index (χ2n) is 10.7. The first-order chi connectivity index (χ1) is 21.8. The van der Waals surface area contributed by atoms with Crippen LogP contribution < -0.4 is 0 Å². The minimum Gasteiger partial charge on any atom is -0.308 e. The van der Waals surface area contributed by atoms with E-state index in [2.05, 4.69) is 21.8 Å². The van der Waals surface area contributed by atoms with E-state index < -0.39 is 5.91 Å². The molecule has 5 aromatic carbocycles. The third kappa shape index (κ3) is 4.11. The van der Waals surface area contributed by atoms with E-state index >= 15 is 0 Å². The van der Waals surface area contributed by atoms with Gasteiger partial charge in [-0.2, -0.15) is 10.5 Å². The number of nitriles is 2. The van der Waals surface area contributed by atoms with Crippen LogP contribution in [0.3, 0.4) is 0 Å². The summed E-state index contributed by atoms with van der Waals surface area (Å²) in [6.45, 7) is 15.0. The number of benzene rings is 5. The number of hydrogen-bond acceptors (Lipinski definition) is 4. The maximum atomic E-state index is 13.4. The molecule has 6 aromatic rings. The third-order valence-corrected chi connectivity index (χ3v) is 8.12. The van der Waals surface area contributed by atoms with E-state index in [0.29, 0.717) is 50.4 Å². The molecular weight excluding hydrogens is 560 g/mol. The Kier molecular flexibility index (Phi) is 6.01. The average molecular weight is 579 g/mol.